The van der Waals surface area contributed by atoms with Crippen molar-refractivity contribution in [3.8, 4) is 12.5 Å². The van der Waals surface area contributed by atoms with Crippen molar-refractivity contribution >= 4 is 24.1 Å². The van der Waals surface area contributed by atoms with E-state index in [0.717, 1.165) is 35.2 Å². The summed E-state index contributed by atoms with van der Waals surface area (Å²) in [7, 11) is 0. The molecule has 0 fully saturated rings. The van der Waals surface area contributed by atoms with Crippen LogP contribution in [0.5, 0.6) is 0 Å². The summed E-state index contributed by atoms with van der Waals surface area (Å²) in [5.41, 5.74) is 2.13. The van der Waals surface area contributed by atoms with Crippen molar-refractivity contribution < 1.29 is 8.37 Å². The monoisotopic (exact) mass is 252 g/mol. The molecule has 82 valence electrons. The first-order valence-electron chi connectivity index (χ1n) is 4.29. The number of rotatable bonds is 6. The van der Waals surface area contributed by atoms with Crippen molar-refractivity contribution in [1.82, 2.24) is 0 Å². The van der Waals surface area contributed by atoms with Gasteiger partial charge in [-0.1, -0.05) is 24.3 Å². The summed E-state index contributed by atoms with van der Waals surface area (Å²) in [5, 5.41) is 16.4. The number of hydrogen-bond acceptors (Lipinski definition) is 6. The molecule has 6 heteroatoms. The minimum absolute atomic E-state index is 0.616. The molecule has 0 amide bonds. The fourth-order valence-corrected chi connectivity index (χ4v) is 1.91. The van der Waals surface area contributed by atoms with E-state index in [2.05, 4.69) is 8.37 Å². The normalized spacial score (nSPS) is 8.88. The standard InChI is InChI=1S/C10H8N2O2S2/c11-7-13-15-5-9-2-1-3-10(4-9)6-16-14-8-12/h1-4H,5-6H2. The lowest BCUT2D eigenvalue weighted by molar-refractivity contribution is 0.594. The van der Waals surface area contributed by atoms with E-state index in [9.17, 15) is 0 Å². The third-order valence-electron chi connectivity index (χ3n) is 1.63. The van der Waals surface area contributed by atoms with Gasteiger partial charge in [0, 0.05) is 0 Å². The van der Waals surface area contributed by atoms with E-state index in [1.807, 2.05) is 24.3 Å². The molecule has 0 aliphatic heterocycles. The topological polar surface area (TPSA) is 66.0 Å². The van der Waals surface area contributed by atoms with Crippen molar-refractivity contribution in [3.05, 3.63) is 35.4 Å². The molecular weight excluding hydrogens is 244 g/mol. The van der Waals surface area contributed by atoms with Gasteiger partial charge in [0.25, 0.3) is 12.5 Å². The average Bonchev–Trinajstić information content (AvgIpc) is 2.30. The third kappa shape index (κ3) is 4.83. The quantitative estimate of drug-likeness (QED) is 0.440. The maximum Gasteiger partial charge on any atom is 0.299 e. The second-order valence-corrected chi connectivity index (χ2v) is 4.08. The third-order valence-corrected chi connectivity index (χ3v) is 2.92. The van der Waals surface area contributed by atoms with Crippen LogP contribution >= 0.6 is 24.1 Å². The van der Waals surface area contributed by atoms with E-state index in [4.69, 9.17) is 10.5 Å². The first kappa shape index (κ1) is 12.6. The van der Waals surface area contributed by atoms with E-state index >= 15 is 0 Å². The van der Waals surface area contributed by atoms with Crippen LogP contribution in [0.25, 0.3) is 0 Å². The molecule has 0 aliphatic rings. The van der Waals surface area contributed by atoms with Crippen LogP contribution in [0.2, 0.25) is 0 Å². The summed E-state index contributed by atoms with van der Waals surface area (Å²) in [6, 6.07) is 7.81. The summed E-state index contributed by atoms with van der Waals surface area (Å²) >= 11 is 2.18. The average molecular weight is 252 g/mol. The Hall–Kier alpha value is -1.50. The number of nitrogens with zero attached hydrogens (tertiary/aromatic N) is 2. The fourth-order valence-electron chi connectivity index (χ4n) is 1.06. The summed E-state index contributed by atoms with van der Waals surface area (Å²) < 4.78 is 9.05. The van der Waals surface area contributed by atoms with E-state index in [-0.39, 0.29) is 0 Å². The molecule has 1 rings (SSSR count). The van der Waals surface area contributed by atoms with Crippen LogP contribution in [-0.2, 0) is 19.9 Å². The van der Waals surface area contributed by atoms with Gasteiger partial charge in [-0.3, -0.25) is 0 Å². The first-order chi connectivity index (χ1) is 7.86. The number of hydrogen-bond donors (Lipinski definition) is 0. The molecule has 0 atom stereocenters. The SMILES string of the molecule is N#COSCc1cccc(CSOC#N)c1. The highest BCUT2D eigenvalue weighted by Crippen LogP contribution is 2.17. The Morgan fingerprint density at radius 3 is 1.94 bits per heavy atom. The Morgan fingerprint density at radius 2 is 1.50 bits per heavy atom. The maximum absolute atomic E-state index is 8.20. The molecule has 0 saturated heterocycles. The highest BCUT2D eigenvalue weighted by molar-refractivity contribution is 7.94. The lowest BCUT2D eigenvalue weighted by atomic mass is 10.2. The molecule has 0 aliphatic carbocycles. The van der Waals surface area contributed by atoms with Gasteiger partial charge >= 0.3 is 0 Å². The van der Waals surface area contributed by atoms with Crippen LogP contribution in [0.4, 0.5) is 0 Å². The molecule has 16 heavy (non-hydrogen) atoms. The smallest absolute Gasteiger partial charge is 0.299 e. The number of benzene rings is 1. The van der Waals surface area contributed by atoms with E-state index in [1.54, 1.807) is 12.5 Å². The molecule has 0 spiro atoms. The van der Waals surface area contributed by atoms with Crippen LogP contribution < -0.4 is 0 Å². The second kappa shape index (κ2) is 7.75. The lowest BCUT2D eigenvalue weighted by Gasteiger charge is -2.02. The molecule has 0 heterocycles. The fraction of sp³-hybridized carbons (Fsp3) is 0.200. The zero-order valence-corrected chi connectivity index (χ0v) is 9.88. The molecule has 0 N–H and O–H groups in total. The van der Waals surface area contributed by atoms with Crippen LogP contribution in [0.15, 0.2) is 24.3 Å². The Morgan fingerprint density at radius 1 is 1.00 bits per heavy atom. The van der Waals surface area contributed by atoms with Crippen molar-refractivity contribution in [2.75, 3.05) is 0 Å². The molecule has 1 aromatic rings. The van der Waals surface area contributed by atoms with Crippen LogP contribution in [0, 0.1) is 23.0 Å². The van der Waals surface area contributed by atoms with Gasteiger partial charge in [-0.2, -0.15) is 0 Å². The maximum atomic E-state index is 8.20. The molecule has 0 aromatic heterocycles. The summed E-state index contributed by atoms with van der Waals surface area (Å²) in [5.74, 6) is 1.23. The summed E-state index contributed by atoms with van der Waals surface area (Å²) in [6.45, 7) is 0. The Labute approximate surface area is 103 Å². The van der Waals surface area contributed by atoms with Crippen LogP contribution in [0.1, 0.15) is 11.1 Å². The molecular formula is C10H8N2O2S2. The van der Waals surface area contributed by atoms with Crippen molar-refractivity contribution in [2.45, 2.75) is 11.5 Å². The Balaban J connectivity index is 2.45. The van der Waals surface area contributed by atoms with Gasteiger partial charge in [0.05, 0.1) is 35.6 Å². The second-order valence-electron chi connectivity index (χ2n) is 2.69. The molecule has 0 radical (unpaired) electrons. The number of nitriles is 2. The van der Waals surface area contributed by atoms with Gasteiger partial charge in [-0.25, -0.2) is 0 Å². The predicted molar refractivity (Wildman–Crippen MR) is 62.4 cm³/mol. The summed E-state index contributed by atoms with van der Waals surface area (Å²) in [4.78, 5) is 0. The van der Waals surface area contributed by atoms with Crippen LogP contribution in [0.3, 0.4) is 0 Å². The molecule has 0 bridgehead atoms. The van der Waals surface area contributed by atoms with Gasteiger partial charge in [0.15, 0.2) is 0 Å². The van der Waals surface area contributed by atoms with Gasteiger partial charge in [0.2, 0.25) is 0 Å². The lowest BCUT2D eigenvalue weighted by Crippen LogP contribution is -1.85. The minimum Gasteiger partial charge on any atom is -0.352 e. The summed E-state index contributed by atoms with van der Waals surface area (Å²) in [6.07, 6.45) is 3.19. The van der Waals surface area contributed by atoms with Gasteiger partial charge in [0.1, 0.15) is 0 Å². The van der Waals surface area contributed by atoms with E-state index < -0.39 is 0 Å². The molecule has 4 nitrogen and oxygen atoms in total. The van der Waals surface area contributed by atoms with E-state index in [1.165, 1.54) is 0 Å². The minimum atomic E-state index is 0.616. The first-order valence-corrected chi connectivity index (χ1v) is 6.12. The molecule has 1 aromatic carbocycles. The van der Waals surface area contributed by atoms with Gasteiger partial charge in [-0.05, 0) is 11.1 Å². The van der Waals surface area contributed by atoms with Crippen molar-refractivity contribution in [2.24, 2.45) is 0 Å². The van der Waals surface area contributed by atoms with Crippen LogP contribution in [-0.4, -0.2) is 0 Å². The highest BCUT2D eigenvalue weighted by atomic mass is 32.2. The van der Waals surface area contributed by atoms with Crippen molar-refractivity contribution in [1.29, 1.82) is 10.5 Å². The van der Waals surface area contributed by atoms with Crippen molar-refractivity contribution in [3.63, 3.8) is 0 Å². The van der Waals surface area contributed by atoms with Gasteiger partial charge in [-0.15, -0.1) is 10.5 Å². The van der Waals surface area contributed by atoms with E-state index in [0.29, 0.717) is 11.5 Å². The molecule has 0 unspecified atom stereocenters. The van der Waals surface area contributed by atoms with Gasteiger partial charge < -0.3 is 8.37 Å². The Kier molecular flexibility index (Phi) is 6.09. The largest absolute Gasteiger partial charge is 0.352 e. The molecule has 0 saturated carbocycles. The Bertz CT molecular complexity index is 377. The highest BCUT2D eigenvalue weighted by Gasteiger charge is 1.99. The zero-order chi connectivity index (χ0) is 11.6. The zero-order valence-electron chi connectivity index (χ0n) is 8.25. The predicted octanol–water partition coefficient (Wildman–Crippen LogP) is 2.98.